The van der Waals surface area contributed by atoms with Gasteiger partial charge in [-0.2, -0.15) is 0 Å². The van der Waals surface area contributed by atoms with Crippen LogP contribution >= 0.6 is 0 Å². The van der Waals surface area contributed by atoms with Crippen molar-refractivity contribution in [2.45, 2.75) is 13.8 Å². The molecule has 0 bridgehead atoms. The molecule has 0 aliphatic rings. The van der Waals surface area contributed by atoms with Crippen LogP contribution in [0.3, 0.4) is 0 Å². The molecule has 0 fully saturated rings. The molecule has 2 rings (SSSR count). The standard InChI is InChI=1S/C14H18N2O2/c1-14(2,9-17)8-16-12-5-3-11(4-6-12)13-7-15-10-18-13/h3-7,10,16-17H,8-9H2,1-2H3. The smallest absolute Gasteiger partial charge is 0.181 e. The van der Waals surface area contributed by atoms with E-state index in [1.807, 2.05) is 38.1 Å². The van der Waals surface area contributed by atoms with Gasteiger partial charge in [-0.3, -0.25) is 0 Å². The highest BCUT2D eigenvalue weighted by Gasteiger charge is 2.15. The summed E-state index contributed by atoms with van der Waals surface area (Å²) in [6.45, 7) is 4.92. The van der Waals surface area contributed by atoms with Crippen LogP contribution < -0.4 is 5.32 Å². The second-order valence-electron chi connectivity index (χ2n) is 5.12. The van der Waals surface area contributed by atoms with Gasteiger partial charge in [0.2, 0.25) is 0 Å². The quantitative estimate of drug-likeness (QED) is 0.851. The predicted molar refractivity (Wildman–Crippen MR) is 71.3 cm³/mol. The minimum Gasteiger partial charge on any atom is -0.444 e. The number of benzene rings is 1. The Morgan fingerprint density at radius 1 is 1.28 bits per heavy atom. The largest absolute Gasteiger partial charge is 0.444 e. The lowest BCUT2D eigenvalue weighted by Gasteiger charge is -2.22. The molecule has 1 aromatic heterocycles. The number of hydrogen-bond acceptors (Lipinski definition) is 4. The van der Waals surface area contributed by atoms with Crippen LogP contribution in [-0.4, -0.2) is 23.2 Å². The van der Waals surface area contributed by atoms with Crippen molar-refractivity contribution in [2.75, 3.05) is 18.5 Å². The Morgan fingerprint density at radius 2 is 2.00 bits per heavy atom. The zero-order chi connectivity index (χ0) is 13.0. The maximum atomic E-state index is 9.18. The van der Waals surface area contributed by atoms with Crippen molar-refractivity contribution in [1.29, 1.82) is 0 Å². The third-order valence-corrected chi connectivity index (χ3v) is 2.80. The van der Waals surface area contributed by atoms with E-state index in [2.05, 4.69) is 10.3 Å². The molecule has 0 unspecified atom stereocenters. The zero-order valence-electron chi connectivity index (χ0n) is 10.7. The molecule has 96 valence electrons. The van der Waals surface area contributed by atoms with Crippen LogP contribution in [0.1, 0.15) is 13.8 Å². The molecule has 0 atom stereocenters. The van der Waals surface area contributed by atoms with Gasteiger partial charge in [-0.15, -0.1) is 0 Å². The van der Waals surface area contributed by atoms with E-state index in [9.17, 15) is 5.11 Å². The first-order valence-corrected chi connectivity index (χ1v) is 5.94. The van der Waals surface area contributed by atoms with Gasteiger partial charge in [-0.1, -0.05) is 13.8 Å². The van der Waals surface area contributed by atoms with Crippen LogP contribution in [0.2, 0.25) is 0 Å². The van der Waals surface area contributed by atoms with Gasteiger partial charge in [0.25, 0.3) is 0 Å². The summed E-state index contributed by atoms with van der Waals surface area (Å²) in [5.74, 6) is 0.761. The topological polar surface area (TPSA) is 58.3 Å². The van der Waals surface area contributed by atoms with E-state index in [0.717, 1.165) is 23.6 Å². The van der Waals surface area contributed by atoms with Crippen molar-refractivity contribution >= 4 is 5.69 Å². The van der Waals surface area contributed by atoms with Crippen LogP contribution in [-0.2, 0) is 0 Å². The molecule has 18 heavy (non-hydrogen) atoms. The normalized spacial score (nSPS) is 11.5. The molecule has 2 aromatic rings. The van der Waals surface area contributed by atoms with E-state index in [0.29, 0.717) is 0 Å². The number of oxazole rings is 1. The summed E-state index contributed by atoms with van der Waals surface area (Å²) >= 11 is 0. The highest BCUT2D eigenvalue weighted by molar-refractivity contribution is 5.60. The Labute approximate surface area is 107 Å². The Hall–Kier alpha value is -1.81. The first kappa shape index (κ1) is 12.6. The Bertz CT molecular complexity index is 475. The van der Waals surface area contributed by atoms with Gasteiger partial charge in [-0.05, 0) is 24.3 Å². The van der Waals surface area contributed by atoms with Crippen molar-refractivity contribution < 1.29 is 9.52 Å². The molecule has 1 heterocycles. The van der Waals surface area contributed by atoms with E-state index in [1.165, 1.54) is 6.39 Å². The first-order chi connectivity index (χ1) is 8.61. The molecular formula is C14H18N2O2. The van der Waals surface area contributed by atoms with Crippen LogP contribution in [0.25, 0.3) is 11.3 Å². The van der Waals surface area contributed by atoms with Gasteiger partial charge in [0.05, 0.1) is 6.20 Å². The van der Waals surface area contributed by atoms with Crippen molar-refractivity contribution in [3.05, 3.63) is 36.9 Å². The van der Waals surface area contributed by atoms with Gasteiger partial charge in [0.15, 0.2) is 12.2 Å². The van der Waals surface area contributed by atoms with Crippen molar-refractivity contribution in [3.63, 3.8) is 0 Å². The molecule has 4 heteroatoms. The van der Waals surface area contributed by atoms with Crippen molar-refractivity contribution in [3.8, 4) is 11.3 Å². The van der Waals surface area contributed by atoms with E-state index < -0.39 is 0 Å². The molecule has 4 nitrogen and oxygen atoms in total. The summed E-state index contributed by atoms with van der Waals surface area (Å²) in [5, 5.41) is 12.5. The summed E-state index contributed by atoms with van der Waals surface area (Å²) in [5.41, 5.74) is 1.91. The second kappa shape index (κ2) is 5.23. The lowest BCUT2D eigenvalue weighted by molar-refractivity contribution is 0.171. The van der Waals surface area contributed by atoms with E-state index in [4.69, 9.17) is 4.42 Å². The number of rotatable bonds is 5. The third-order valence-electron chi connectivity index (χ3n) is 2.80. The molecule has 2 N–H and O–H groups in total. The van der Waals surface area contributed by atoms with E-state index in [-0.39, 0.29) is 12.0 Å². The summed E-state index contributed by atoms with van der Waals surface area (Å²) in [7, 11) is 0. The summed E-state index contributed by atoms with van der Waals surface area (Å²) in [6, 6.07) is 7.94. The fourth-order valence-corrected chi connectivity index (χ4v) is 1.51. The van der Waals surface area contributed by atoms with Gasteiger partial charge in [-0.25, -0.2) is 4.98 Å². The number of aromatic nitrogens is 1. The minimum absolute atomic E-state index is 0.121. The fraction of sp³-hybridized carbons (Fsp3) is 0.357. The maximum Gasteiger partial charge on any atom is 0.181 e. The molecular weight excluding hydrogens is 228 g/mol. The predicted octanol–water partition coefficient (Wildman–Crippen LogP) is 2.77. The van der Waals surface area contributed by atoms with Gasteiger partial charge < -0.3 is 14.8 Å². The van der Waals surface area contributed by atoms with Gasteiger partial charge >= 0.3 is 0 Å². The molecule has 0 aliphatic carbocycles. The average molecular weight is 246 g/mol. The highest BCUT2D eigenvalue weighted by atomic mass is 16.3. The summed E-state index contributed by atoms with van der Waals surface area (Å²) in [6.07, 6.45) is 3.11. The molecule has 0 radical (unpaired) electrons. The van der Waals surface area contributed by atoms with Crippen molar-refractivity contribution in [2.24, 2.45) is 5.41 Å². The number of nitrogens with zero attached hydrogens (tertiary/aromatic N) is 1. The minimum atomic E-state index is -0.121. The van der Waals surface area contributed by atoms with Crippen LogP contribution in [0, 0.1) is 5.41 Å². The molecule has 0 aliphatic heterocycles. The zero-order valence-corrected chi connectivity index (χ0v) is 10.7. The molecule has 0 saturated heterocycles. The highest BCUT2D eigenvalue weighted by Crippen LogP contribution is 2.21. The summed E-state index contributed by atoms with van der Waals surface area (Å²) < 4.78 is 5.23. The maximum absolute atomic E-state index is 9.18. The molecule has 0 amide bonds. The lowest BCUT2D eigenvalue weighted by atomic mass is 9.95. The van der Waals surface area contributed by atoms with Crippen LogP contribution in [0.5, 0.6) is 0 Å². The Morgan fingerprint density at radius 3 is 2.56 bits per heavy atom. The third kappa shape index (κ3) is 3.11. The van der Waals surface area contributed by atoms with Crippen LogP contribution in [0.15, 0.2) is 41.3 Å². The van der Waals surface area contributed by atoms with Crippen molar-refractivity contribution in [1.82, 2.24) is 4.98 Å². The van der Waals surface area contributed by atoms with Crippen LogP contribution in [0.4, 0.5) is 5.69 Å². The molecule has 0 saturated carbocycles. The Balaban J connectivity index is 2.00. The molecule has 1 aromatic carbocycles. The van der Waals surface area contributed by atoms with E-state index >= 15 is 0 Å². The number of aliphatic hydroxyl groups is 1. The lowest BCUT2D eigenvalue weighted by Crippen LogP contribution is -2.26. The number of aliphatic hydroxyl groups excluding tert-OH is 1. The number of nitrogens with one attached hydrogen (secondary N) is 1. The Kier molecular flexibility index (Phi) is 3.67. The molecule has 0 spiro atoms. The first-order valence-electron chi connectivity index (χ1n) is 5.94. The number of anilines is 1. The number of hydrogen-bond donors (Lipinski definition) is 2. The SMILES string of the molecule is CC(C)(CO)CNc1ccc(-c2cnco2)cc1. The fourth-order valence-electron chi connectivity index (χ4n) is 1.51. The second-order valence-corrected chi connectivity index (χ2v) is 5.12. The van der Waals surface area contributed by atoms with Gasteiger partial charge in [0, 0.05) is 29.8 Å². The van der Waals surface area contributed by atoms with Gasteiger partial charge in [0.1, 0.15) is 0 Å². The monoisotopic (exact) mass is 246 g/mol. The van der Waals surface area contributed by atoms with E-state index in [1.54, 1.807) is 6.20 Å². The average Bonchev–Trinajstić information content (AvgIpc) is 2.91. The summed E-state index contributed by atoms with van der Waals surface area (Å²) in [4.78, 5) is 3.89.